The summed E-state index contributed by atoms with van der Waals surface area (Å²) in [7, 11) is 1.94. The van der Waals surface area contributed by atoms with Gasteiger partial charge in [0.1, 0.15) is 5.82 Å². The molecule has 0 radical (unpaired) electrons. The van der Waals surface area contributed by atoms with Crippen LogP contribution in [0.15, 0.2) is 18.2 Å². The van der Waals surface area contributed by atoms with Crippen molar-refractivity contribution >= 4 is 0 Å². The highest BCUT2D eigenvalue weighted by Gasteiger charge is 2.31. The monoisotopic (exact) mass is 293 g/mol. The van der Waals surface area contributed by atoms with Gasteiger partial charge in [0.25, 0.3) is 0 Å². The van der Waals surface area contributed by atoms with E-state index >= 15 is 0 Å². The van der Waals surface area contributed by atoms with E-state index in [9.17, 15) is 4.39 Å². The summed E-state index contributed by atoms with van der Waals surface area (Å²) in [4.78, 5) is 0. The minimum absolute atomic E-state index is 0.0585. The molecule has 1 N–H and O–H groups in total. The van der Waals surface area contributed by atoms with Gasteiger partial charge in [-0.05, 0) is 56.8 Å². The Morgan fingerprint density at radius 1 is 1.29 bits per heavy atom. The molecular formula is C18H28FNO. The fourth-order valence-electron chi connectivity index (χ4n) is 3.48. The van der Waals surface area contributed by atoms with E-state index in [2.05, 4.69) is 5.32 Å². The Kier molecular flexibility index (Phi) is 6.19. The summed E-state index contributed by atoms with van der Waals surface area (Å²) in [6.07, 6.45) is 6.47. The van der Waals surface area contributed by atoms with Gasteiger partial charge in [0.2, 0.25) is 0 Å². The number of ether oxygens (including phenoxy) is 1. The number of hydrogen-bond donors (Lipinski definition) is 1. The lowest BCUT2D eigenvalue weighted by Crippen LogP contribution is -2.38. The molecule has 21 heavy (non-hydrogen) atoms. The summed E-state index contributed by atoms with van der Waals surface area (Å²) in [6, 6.07) is 5.60. The Labute approximate surface area is 128 Å². The van der Waals surface area contributed by atoms with E-state index in [1.54, 1.807) is 13.0 Å². The molecule has 2 atom stereocenters. The van der Waals surface area contributed by atoms with Crippen LogP contribution in [0.5, 0.6) is 0 Å². The van der Waals surface area contributed by atoms with Crippen LogP contribution in [-0.2, 0) is 4.74 Å². The van der Waals surface area contributed by atoms with Gasteiger partial charge in [0.15, 0.2) is 0 Å². The molecule has 1 saturated carbocycles. The van der Waals surface area contributed by atoms with Gasteiger partial charge in [-0.1, -0.05) is 31.4 Å². The summed E-state index contributed by atoms with van der Waals surface area (Å²) < 4.78 is 20.0. The van der Waals surface area contributed by atoms with Crippen molar-refractivity contribution in [2.24, 2.45) is 5.92 Å². The Morgan fingerprint density at radius 2 is 2.00 bits per heavy atom. The second kappa shape index (κ2) is 7.90. The maximum absolute atomic E-state index is 13.9. The van der Waals surface area contributed by atoms with Gasteiger partial charge in [-0.3, -0.25) is 0 Å². The Balaban J connectivity index is 2.23. The third-order valence-electron chi connectivity index (χ3n) is 4.67. The maximum atomic E-state index is 13.9. The Hall–Kier alpha value is -0.930. The molecule has 1 aliphatic rings. The van der Waals surface area contributed by atoms with Crippen LogP contribution in [0, 0.1) is 18.7 Å². The predicted octanol–water partition coefficient (Wildman–Crippen LogP) is 4.38. The van der Waals surface area contributed by atoms with Gasteiger partial charge in [-0.25, -0.2) is 4.39 Å². The van der Waals surface area contributed by atoms with Crippen LogP contribution in [0.25, 0.3) is 0 Å². The van der Waals surface area contributed by atoms with Crippen LogP contribution in [0.4, 0.5) is 4.39 Å². The van der Waals surface area contributed by atoms with Gasteiger partial charge in [-0.2, -0.15) is 0 Å². The molecule has 0 bridgehead atoms. The van der Waals surface area contributed by atoms with Crippen LogP contribution >= 0.6 is 0 Å². The van der Waals surface area contributed by atoms with Crippen LogP contribution in [-0.4, -0.2) is 19.8 Å². The fraction of sp³-hybridized carbons (Fsp3) is 0.667. The van der Waals surface area contributed by atoms with Crippen molar-refractivity contribution in [1.29, 1.82) is 0 Å². The van der Waals surface area contributed by atoms with Gasteiger partial charge < -0.3 is 10.1 Å². The molecule has 1 aromatic carbocycles. The molecule has 0 heterocycles. The van der Waals surface area contributed by atoms with Gasteiger partial charge in [-0.15, -0.1) is 0 Å². The molecule has 1 aromatic rings. The highest BCUT2D eigenvalue weighted by Crippen LogP contribution is 2.34. The van der Waals surface area contributed by atoms with Crippen LogP contribution in [0.1, 0.15) is 56.2 Å². The van der Waals surface area contributed by atoms with Crippen molar-refractivity contribution in [2.45, 2.75) is 58.1 Å². The van der Waals surface area contributed by atoms with Crippen molar-refractivity contribution in [1.82, 2.24) is 5.32 Å². The van der Waals surface area contributed by atoms with Crippen molar-refractivity contribution in [3.63, 3.8) is 0 Å². The molecular weight excluding hydrogens is 265 g/mol. The number of nitrogens with one attached hydrogen (secondary N) is 1. The summed E-state index contributed by atoms with van der Waals surface area (Å²) in [5, 5.41) is 3.36. The second-order valence-electron chi connectivity index (χ2n) is 6.09. The van der Waals surface area contributed by atoms with Crippen LogP contribution < -0.4 is 5.32 Å². The van der Waals surface area contributed by atoms with Crippen LogP contribution in [0.2, 0.25) is 0 Å². The van der Waals surface area contributed by atoms with Crippen LogP contribution in [0.3, 0.4) is 0 Å². The molecule has 118 valence electrons. The zero-order valence-electron chi connectivity index (χ0n) is 13.5. The molecule has 0 aromatic heterocycles. The second-order valence-corrected chi connectivity index (χ2v) is 6.09. The molecule has 2 unspecified atom stereocenters. The summed E-state index contributed by atoms with van der Waals surface area (Å²) in [5.74, 6) is 0.437. The van der Waals surface area contributed by atoms with Gasteiger partial charge in [0.05, 0.1) is 12.1 Å². The summed E-state index contributed by atoms with van der Waals surface area (Å²) in [5.41, 5.74) is 1.68. The average molecular weight is 293 g/mol. The summed E-state index contributed by atoms with van der Waals surface area (Å²) >= 11 is 0. The lowest BCUT2D eigenvalue weighted by atomic mass is 9.81. The van der Waals surface area contributed by atoms with E-state index in [4.69, 9.17) is 4.74 Å². The molecule has 2 nitrogen and oxygen atoms in total. The Morgan fingerprint density at radius 3 is 2.57 bits per heavy atom. The number of benzene rings is 1. The van der Waals surface area contributed by atoms with E-state index in [1.165, 1.54) is 32.1 Å². The van der Waals surface area contributed by atoms with E-state index < -0.39 is 0 Å². The molecule has 0 aliphatic heterocycles. The lowest BCUT2D eigenvalue weighted by Gasteiger charge is -2.35. The number of halogens is 1. The largest absolute Gasteiger partial charge is 0.376 e. The third kappa shape index (κ3) is 4.04. The molecule has 1 aliphatic carbocycles. The van der Waals surface area contributed by atoms with Crippen molar-refractivity contribution in [3.05, 3.63) is 35.1 Å². The quantitative estimate of drug-likeness (QED) is 0.840. The average Bonchev–Trinajstić information content (AvgIpc) is 2.51. The zero-order chi connectivity index (χ0) is 15.2. The maximum Gasteiger partial charge on any atom is 0.126 e. The molecule has 1 fully saturated rings. The predicted molar refractivity (Wildman–Crippen MR) is 84.9 cm³/mol. The van der Waals surface area contributed by atoms with Crippen molar-refractivity contribution in [2.75, 3.05) is 13.7 Å². The first-order valence-electron chi connectivity index (χ1n) is 8.22. The SMILES string of the molecule is CCOC(C1CCCCC1)C(NC)c1ccc(C)c(F)c1. The normalized spacial score (nSPS) is 19.4. The number of aryl methyl sites for hydroxylation is 1. The first kappa shape index (κ1) is 16.4. The first-order chi connectivity index (χ1) is 10.2. The number of hydrogen-bond acceptors (Lipinski definition) is 2. The summed E-state index contributed by atoms with van der Waals surface area (Å²) in [6.45, 7) is 4.54. The first-order valence-corrected chi connectivity index (χ1v) is 8.22. The number of likely N-dealkylation sites (N-methyl/N-ethyl adjacent to an activating group) is 1. The molecule has 0 saturated heterocycles. The highest BCUT2D eigenvalue weighted by molar-refractivity contribution is 5.26. The standard InChI is InChI=1S/C18H28FNO/c1-4-21-18(14-8-6-5-7-9-14)17(20-3)15-11-10-13(2)16(19)12-15/h10-12,14,17-18,20H,4-9H2,1-3H3. The molecule has 0 amide bonds. The highest BCUT2D eigenvalue weighted by atomic mass is 19.1. The van der Waals surface area contributed by atoms with Gasteiger partial charge >= 0.3 is 0 Å². The molecule has 3 heteroatoms. The van der Waals surface area contributed by atoms with E-state index in [1.807, 2.05) is 26.1 Å². The topological polar surface area (TPSA) is 21.3 Å². The molecule has 2 rings (SSSR count). The van der Waals surface area contributed by atoms with E-state index in [0.717, 1.165) is 5.56 Å². The van der Waals surface area contributed by atoms with E-state index in [-0.39, 0.29) is 18.0 Å². The lowest BCUT2D eigenvalue weighted by molar-refractivity contribution is -0.0168. The van der Waals surface area contributed by atoms with Gasteiger partial charge in [0, 0.05) is 6.61 Å². The van der Waals surface area contributed by atoms with Crippen molar-refractivity contribution in [3.8, 4) is 0 Å². The zero-order valence-corrected chi connectivity index (χ0v) is 13.5. The fourth-order valence-corrected chi connectivity index (χ4v) is 3.48. The smallest absolute Gasteiger partial charge is 0.126 e. The molecule has 0 spiro atoms. The van der Waals surface area contributed by atoms with E-state index in [0.29, 0.717) is 18.1 Å². The Bertz CT molecular complexity index is 443. The van der Waals surface area contributed by atoms with Crippen molar-refractivity contribution < 1.29 is 9.13 Å². The number of rotatable bonds is 6. The third-order valence-corrected chi connectivity index (χ3v) is 4.67. The minimum Gasteiger partial charge on any atom is -0.376 e. The minimum atomic E-state index is -0.133.